The average molecular weight is 377 g/mol. The van der Waals surface area contributed by atoms with Crippen molar-refractivity contribution in [1.29, 1.82) is 0 Å². The summed E-state index contributed by atoms with van der Waals surface area (Å²) in [4.78, 5) is 37.1. The van der Waals surface area contributed by atoms with Crippen molar-refractivity contribution in [3.63, 3.8) is 0 Å². The van der Waals surface area contributed by atoms with E-state index in [-0.39, 0.29) is 29.8 Å². The van der Waals surface area contributed by atoms with Gasteiger partial charge in [-0.3, -0.25) is 19.5 Å². The van der Waals surface area contributed by atoms with E-state index in [1.807, 2.05) is 0 Å². The smallest absolute Gasteiger partial charge is 0.407 e. The van der Waals surface area contributed by atoms with Crippen molar-refractivity contribution >= 4 is 22.7 Å². The van der Waals surface area contributed by atoms with Crippen LogP contribution in [-0.4, -0.2) is 52.4 Å². The highest BCUT2D eigenvalue weighted by Crippen LogP contribution is 2.25. The van der Waals surface area contributed by atoms with Crippen LogP contribution in [0.15, 0.2) is 27.4 Å². The predicted octanol–water partition coefficient (Wildman–Crippen LogP) is 1.26. The van der Waals surface area contributed by atoms with E-state index in [2.05, 4.69) is 0 Å². The first-order valence-corrected chi connectivity index (χ1v) is 8.85. The summed E-state index contributed by atoms with van der Waals surface area (Å²) in [5.74, 6) is -0.956. The van der Waals surface area contributed by atoms with Crippen LogP contribution in [0.1, 0.15) is 19.3 Å². The molecule has 1 aromatic carbocycles. The fourth-order valence-electron chi connectivity index (χ4n) is 3.69. The first-order valence-electron chi connectivity index (χ1n) is 8.85. The number of piperidine rings is 1. The quantitative estimate of drug-likeness (QED) is 0.581. The summed E-state index contributed by atoms with van der Waals surface area (Å²) in [6.07, 6.45) is 2.21. The zero-order valence-electron chi connectivity index (χ0n) is 14.5. The third-order valence-corrected chi connectivity index (χ3v) is 4.99. The van der Waals surface area contributed by atoms with Gasteiger partial charge >= 0.3 is 5.76 Å². The van der Waals surface area contributed by atoms with Crippen LogP contribution in [0.2, 0.25) is 0 Å². The molecule has 4 rings (SSSR count). The minimum Gasteiger partial charge on any atom is -0.407 e. The molecule has 0 spiro atoms. The molecule has 0 saturated carbocycles. The van der Waals surface area contributed by atoms with Crippen LogP contribution < -0.4 is 5.76 Å². The molecule has 2 fully saturated rings. The number of carbonyl (C=O) groups is 1. The van der Waals surface area contributed by atoms with E-state index in [1.165, 1.54) is 22.8 Å². The molecule has 10 heteroatoms. The lowest BCUT2D eigenvalue weighted by molar-refractivity contribution is -0.384. The Bertz CT molecular complexity index is 928. The van der Waals surface area contributed by atoms with E-state index >= 15 is 0 Å². The fourth-order valence-corrected chi connectivity index (χ4v) is 3.69. The molecule has 144 valence electrons. The number of ether oxygens (including phenoxy) is 2. The number of aromatic nitrogens is 1. The number of likely N-dealkylation sites (tertiary alicyclic amines) is 1. The third-order valence-electron chi connectivity index (χ3n) is 4.99. The lowest BCUT2D eigenvalue weighted by atomic mass is 10.0. The van der Waals surface area contributed by atoms with Gasteiger partial charge in [-0.2, -0.15) is 0 Å². The molecule has 3 heterocycles. The number of benzene rings is 1. The van der Waals surface area contributed by atoms with Gasteiger partial charge < -0.3 is 18.8 Å². The van der Waals surface area contributed by atoms with Gasteiger partial charge in [0.05, 0.1) is 35.8 Å². The standard InChI is InChI=1S/C17H19N3O7/c21-15(18-6-2-1-3-13(18)16-25-7-8-26-16)10-19-12-5-4-11(20(23)24)9-14(12)27-17(19)22/h4-5,9,13,16H,1-3,6-8,10H2. The number of non-ortho nitro benzene ring substituents is 1. The highest BCUT2D eigenvalue weighted by atomic mass is 16.7. The average Bonchev–Trinajstić information content (AvgIpc) is 3.30. The maximum absolute atomic E-state index is 12.9. The minimum atomic E-state index is -0.722. The number of rotatable bonds is 4. The van der Waals surface area contributed by atoms with E-state index in [4.69, 9.17) is 13.9 Å². The monoisotopic (exact) mass is 377 g/mol. The van der Waals surface area contributed by atoms with Crippen LogP contribution in [0.25, 0.3) is 11.1 Å². The van der Waals surface area contributed by atoms with Gasteiger partial charge in [-0.05, 0) is 25.3 Å². The summed E-state index contributed by atoms with van der Waals surface area (Å²) < 4.78 is 17.4. The van der Waals surface area contributed by atoms with Crippen molar-refractivity contribution < 1.29 is 23.6 Å². The van der Waals surface area contributed by atoms with E-state index in [9.17, 15) is 19.7 Å². The second-order valence-electron chi connectivity index (χ2n) is 6.62. The molecule has 2 saturated heterocycles. The number of nitrogens with zero attached hydrogens (tertiary/aromatic N) is 3. The molecule has 2 aromatic rings. The van der Waals surface area contributed by atoms with E-state index in [1.54, 1.807) is 4.90 Å². The summed E-state index contributed by atoms with van der Waals surface area (Å²) >= 11 is 0. The Morgan fingerprint density at radius 1 is 1.26 bits per heavy atom. The Labute approximate surface area is 153 Å². The number of nitro groups is 1. The molecule has 10 nitrogen and oxygen atoms in total. The van der Waals surface area contributed by atoms with Gasteiger partial charge in [0.1, 0.15) is 6.54 Å². The first kappa shape index (κ1) is 17.7. The van der Waals surface area contributed by atoms with Crippen LogP contribution >= 0.6 is 0 Å². The van der Waals surface area contributed by atoms with Crippen LogP contribution in [0.4, 0.5) is 5.69 Å². The predicted molar refractivity (Wildman–Crippen MR) is 92.2 cm³/mol. The summed E-state index contributed by atoms with van der Waals surface area (Å²) in [5, 5.41) is 10.9. The Kier molecular flexibility index (Phi) is 4.66. The number of nitro benzene ring substituents is 1. The van der Waals surface area contributed by atoms with Crippen LogP contribution in [0, 0.1) is 10.1 Å². The fraction of sp³-hybridized carbons (Fsp3) is 0.529. The molecule has 1 unspecified atom stereocenters. The van der Waals surface area contributed by atoms with E-state index < -0.39 is 17.0 Å². The molecule has 2 aliphatic heterocycles. The minimum absolute atomic E-state index is 0.0830. The van der Waals surface area contributed by atoms with Gasteiger partial charge in [0.2, 0.25) is 5.91 Å². The number of hydrogen-bond donors (Lipinski definition) is 0. The lowest BCUT2D eigenvalue weighted by Crippen LogP contribution is -2.51. The number of fused-ring (bicyclic) bond motifs is 1. The summed E-state index contributed by atoms with van der Waals surface area (Å²) in [6, 6.07) is 3.70. The highest BCUT2D eigenvalue weighted by molar-refractivity contribution is 5.81. The van der Waals surface area contributed by atoms with Crippen LogP contribution in [-0.2, 0) is 20.8 Å². The molecule has 27 heavy (non-hydrogen) atoms. The van der Waals surface area contributed by atoms with E-state index in [0.717, 1.165) is 19.3 Å². The largest absolute Gasteiger partial charge is 0.420 e. The van der Waals surface area contributed by atoms with Gasteiger partial charge in [-0.15, -0.1) is 0 Å². The third kappa shape index (κ3) is 3.33. The maximum Gasteiger partial charge on any atom is 0.420 e. The Hall–Kier alpha value is -2.72. The van der Waals surface area contributed by atoms with Crippen LogP contribution in [0.5, 0.6) is 0 Å². The van der Waals surface area contributed by atoms with Crippen molar-refractivity contribution in [2.24, 2.45) is 0 Å². The van der Waals surface area contributed by atoms with Crippen molar-refractivity contribution in [3.05, 3.63) is 38.9 Å². The zero-order chi connectivity index (χ0) is 19.0. The molecular formula is C17H19N3O7. The summed E-state index contributed by atoms with van der Waals surface area (Å²) in [7, 11) is 0. The van der Waals surface area contributed by atoms with Crippen LogP contribution in [0.3, 0.4) is 0 Å². The molecule has 1 aromatic heterocycles. The maximum atomic E-state index is 12.9. The summed E-state index contributed by atoms with van der Waals surface area (Å²) in [6.45, 7) is 1.39. The van der Waals surface area contributed by atoms with Gasteiger partial charge in [-0.25, -0.2) is 4.79 Å². The van der Waals surface area contributed by atoms with Crippen molar-refractivity contribution in [1.82, 2.24) is 9.47 Å². The van der Waals surface area contributed by atoms with Crippen molar-refractivity contribution in [2.45, 2.75) is 38.1 Å². The topological polar surface area (TPSA) is 117 Å². The van der Waals surface area contributed by atoms with E-state index in [0.29, 0.717) is 25.3 Å². The molecular weight excluding hydrogens is 358 g/mol. The first-order chi connectivity index (χ1) is 13.0. The molecule has 0 aliphatic carbocycles. The second kappa shape index (κ2) is 7.12. The molecule has 0 radical (unpaired) electrons. The lowest BCUT2D eigenvalue weighted by Gasteiger charge is -2.38. The number of carbonyl (C=O) groups excluding carboxylic acids is 1. The zero-order valence-corrected chi connectivity index (χ0v) is 14.5. The highest BCUT2D eigenvalue weighted by Gasteiger charge is 2.36. The van der Waals surface area contributed by atoms with Gasteiger partial charge in [0.15, 0.2) is 11.9 Å². The molecule has 1 atom stereocenters. The molecule has 0 N–H and O–H groups in total. The molecule has 2 aliphatic rings. The molecule has 0 bridgehead atoms. The number of amides is 1. The Morgan fingerprint density at radius 3 is 2.78 bits per heavy atom. The van der Waals surface area contributed by atoms with Gasteiger partial charge in [0, 0.05) is 12.6 Å². The Morgan fingerprint density at radius 2 is 2.04 bits per heavy atom. The van der Waals surface area contributed by atoms with Gasteiger partial charge in [0.25, 0.3) is 5.69 Å². The summed E-state index contributed by atoms with van der Waals surface area (Å²) in [5.41, 5.74) is 0.252. The van der Waals surface area contributed by atoms with Crippen molar-refractivity contribution in [2.75, 3.05) is 19.8 Å². The normalized spacial score (nSPS) is 21.0. The second-order valence-corrected chi connectivity index (χ2v) is 6.62. The number of oxazole rings is 1. The van der Waals surface area contributed by atoms with Gasteiger partial charge in [-0.1, -0.05) is 0 Å². The van der Waals surface area contributed by atoms with Crippen molar-refractivity contribution in [3.8, 4) is 0 Å². The SMILES string of the molecule is O=C(Cn1c(=O)oc2cc([N+](=O)[O-])ccc21)N1CCCCC1C1OCCO1. The Balaban J connectivity index is 1.59. The molecule has 1 amide bonds. The number of hydrogen-bond acceptors (Lipinski definition) is 7.